The molecule has 132 valence electrons. The van der Waals surface area contributed by atoms with E-state index in [-0.39, 0.29) is 23.7 Å². The van der Waals surface area contributed by atoms with Crippen LogP contribution in [0.3, 0.4) is 0 Å². The summed E-state index contributed by atoms with van der Waals surface area (Å²) in [6, 6.07) is 8.62. The van der Waals surface area contributed by atoms with E-state index in [4.69, 9.17) is 11.6 Å². The number of thiophene rings is 1. The number of halogens is 2. The number of nitrogens with one attached hydrogen (secondary N) is 1. The molecule has 0 radical (unpaired) electrons. The molecule has 6 nitrogen and oxygen atoms in total. The molecule has 0 spiro atoms. The first-order valence-electron chi connectivity index (χ1n) is 7.41. The summed E-state index contributed by atoms with van der Waals surface area (Å²) in [4.78, 5) is 9.13. The minimum atomic E-state index is -0.548. The van der Waals surface area contributed by atoms with Crippen LogP contribution in [0.2, 0.25) is 5.02 Å². The largest absolute Gasteiger partial charge is 0.509 e. The van der Waals surface area contributed by atoms with Crippen molar-refractivity contribution in [3.8, 4) is 6.07 Å². The van der Waals surface area contributed by atoms with Crippen molar-refractivity contribution in [3.05, 3.63) is 57.1 Å². The molecule has 0 saturated heterocycles. The average molecular weight is 406 g/mol. The molecular weight excluding hydrogens is 393 g/mol. The Morgan fingerprint density at radius 3 is 2.81 bits per heavy atom. The average Bonchev–Trinajstić information content (AvgIpc) is 3.10. The fraction of sp³-hybridized carbons (Fsp3) is 0.118. The molecule has 3 aromatic rings. The number of nitrogens with zero attached hydrogens (tertiary/aromatic N) is 4. The fourth-order valence-electron chi connectivity index (χ4n) is 2.78. The first-order chi connectivity index (χ1) is 12.1. The molecule has 1 atom stereocenters. The van der Waals surface area contributed by atoms with Gasteiger partial charge in [-0.05, 0) is 40.6 Å². The second-order valence-corrected chi connectivity index (χ2v) is 6.80. The molecule has 0 bridgehead atoms. The van der Waals surface area contributed by atoms with Crippen molar-refractivity contribution >= 4 is 57.8 Å². The van der Waals surface area contributed by atoms with Crippen LogP contribution in [-0.2, 0) is 0 Å². The van der Waals surface area contributed by atoms with E-state index in [0.717, 1.165) is 5.56 Å². The highest BCUT2D eigenvalue weighted by molar-refractivity contribution is 7.08. The van der Waals surface area contributed by atoms with Gasteiger partial charge in [-0.25, -0.2) is 15.4 Å². The monoisotopic (exact) mass is 405 g/mol. The lowest BCUT2D eigenvalue weighted by Crippen LogP contribution is -2.38. The zero-order valence-electron chi connectivity index (χ0n) is 13.5. The molecule has 2 N–H and O–H groups in total. The SMILES string of the molecule is CN1NC(c2ccsc2)C(O)=C(C#N)c2nc3cc(Cl)ccc3nc21.Cl. The molecule has 1 aliphatic heterocycles. The summed E-state index contributed by atoms with van der Waals surface area (Å²) in [7, 11) is 1.78. The van der Waals surface area contributed by atoms with Crippen molar-refractivity contribution in [2.45, 2.75) is 6.04 Å². The Morgan fingerprint density at radius 2 is 2.12 bits per heavy atom. The highest BCUT2D eigenvalue weighted by Crippen LogP contribution is 2.35. The minimum Gasteiger partial charge on any atom is -0.509 e. The molecule has 3 heterocycles. The van der Waals surface area contributed by atoms with Crippen molar-refractivity contribution < 1.29 is 5.11 Å². The van der Waals surface area contributed by atoms with E-state index in [1.54, 1.807) is 30.3 Å². The minimum absolute atomic E-state index is 0. The third-order valence-corrected chi connectivity index (χ3v) is 4.94. The number of aliphatic hydroxyl groups is 1. The number of hydrogen-bond donors (Lipinski definition) is 2. The van der Waals surface area contributed by atoms with E-state index in [2.05, 4.69) is 21.5 Å². The summed E-state index contributed by atoms with van der Waals surface area (Å²) in [5.74, 6) is 0.387. The number of benzene rings is 1. The number of hydrogen-bond acceptors (Lipinski definition) is 7. The van der Waals surface area contributed by atoms with E-state index < -0.39 is 6.04 Å². The Morgan fingerprint density at radius 1 is 1.31 bits per heavy atom. The maximum Gasteiger partial charge on any atom is 0.170 e. The molecule has 0 amide bonds. The van der Waals surface area contributed by atoms with Crippen molar-refractivity contribution in [2.75, 3.05) is 12.1 Å². The van der Waals surface area contributed by atoms with Gasteiger partial charge in [-0.3, -0.25) is 5.01 Å². The summed E-state index contributed by atoms with van der Waals surface area (Å²) in [5, 5.41) is 26.5. The van der Waals surface area contributed by atoms with Gasteiger partial charge in [-0.2, -0.15) is 16.6 Å². The predicted molar refractivity (Wildman–Crippen MR) is 106 cm³/mol. The van der Waals surface area contributed by atoms with Gasteiger partial charge >= 0.3 is 0 Å². The third-order valence-electron chi connectivity index (χ3n) is 4.00. The van der Waals surface area contributed by atoms with Gasteiger partial charge in [-0.1, -0.05) is 11.6 Å². The van der Waals surface area contributed by atoms with Gasteiger partial charge in [0.05, 0.1) is 11.0 Å². The van der Waals surface area contributed by atoms with E-state index in [9.17, 15) is 10.4 Å². The van der Waals surface area contributed by atoms with E-state index in [1.165, 1.54) is 11.3 Å². The molecule has 1 aromatic carbocycles. The number of fused-ring (bicyclic) bond motifs is 2. The first kappa shape index (κ1) is 18.4. The standard InChI is InChI=1S/C17H12ClN5OS.ClH/c1-23-17-15(20-13-6-10(18)2-3-12(13)21-17)11(7-19)16(24)14(22-23)9-4-5-25-8-9;/h2-6,8,14,22,24H,1H3;1H. The molecule has 0 fully saturated rings. The number of hydrazine groups is 1. The maximum absolute atomic E-state index is 10.8. The number of aromatic nitrogens is 2. The normalized spacial score (nSPS) is 16.7. The molecule has 0 aliphatic carbocycles. The number of anilines is 1. The lowest BCUT2D eigenvalue weighted by molar-refractivity contribution is 0.347. The summed E-state index contributed by atoms with van der Waals surface area (Å²) in [6.07, 6.45) is 0. The Bertz CT molecular complexity index is 1050. The van der Waals surface area contributed by atoms with Crippen LogP contribution in [0.15, 0.2) is 40.8 Å². The van der Waals surface area contributed by atoms with Gasteiger partial charge in [0.2, 0.25) is 0 Å². The van der Waals surface area contributed by atoms with Crippen LogP contribution in [0.25, 0.3) is 16.6 Å². The van der Waals surface area contributed by atoms with Gasteiger partial charge in [-0.15, -0.1) is 12.4 Å². The fourth-order valence-corrected chi connectivity index (χ4v) is 3.64. The van der Waals surface area contributed by atoms with E-state index >= 15 is 0 Å². The first-order valence-corrected chi connectivity index (χ1v) is 8.73. The Hall–Kier alpha value is -2.37. The van der Waals surface area contributed by atoms with Crippen LogP contribution in [0.4, 0.5) is 5.82 Å². The second-order valence-electron chi connectivity index (χ2n) is 5.58. The summed E-state index contributed by atoms with van der Waals surface area (Å²) in [6.45, 7) is 0. The number of aliphatic hydroxyl groups excluding tert-OH is 1. The van der Waals surface area contributed by atoms with Gasteiger partial charge in [0.1, 0.15) is 29.1 Å². The second kappa shape index (κ2) is 7.09. The zero-order chi connectivity index (χ0) is 17.6. The molecular formula is C17H13Cl2N5OS. The lowest BCUT2D eigenvalue weighted by atomic mass is 10.0. The third kappa shape index (κ3) is 2.97. The summed E-state index contributed by atoms with van der Waals surface area (Å²) >= 11 is 7.56. The van der Waals surface area contributed by atoms with Crippen LogP contribution >= 0.6 is 35.3 Å². The highest BCUT2D eigenvalue weighted by atomic mass is 35.5. The van der Waals surface area contributed by atoms with Crippen LogP contribution < -0.4 is 10.4 Å². The predicted octanol–water partition coefficient (Wildman–Crippen LogP) is 4.25. The maximum atomic E-state index is 10.8. The topological polar surface area (TPSA) is 85.1 Å². The van der Waals surface area contributed by atoms with Crippen LogP contribution in [0.1, 0.15) is 17.3 Å². The van der Waals surface area contributed by atoms with Crippen LogP contribution in [-0.4, -0.2) is 22.1 Å². The Labute approximate surface area is 164 Å². The Balaban J connectivity index is 0.00000196. The van der Waals surface area contributed by atoms with Crippen molar-refractivity contribution in [1.29, 1.82) is 5.26 Å². The number of allylic oxidation sites excluding steroid dienone is 1. The molecule has 1 aliphatic rings. The molecule has 4 rings (SSSR count). The number of nitriles is 1. The molecule has 9 heteroatoms. The van der Waals surface area contributed by atoms with Gasteiger partial charge in [0, 0.05) is 12.1 Å². The van der Waals surface area contributed by atoms with Crippen molar-refractivity contribution in [2.24, 2.45) is 0 Å². The number of rotatable bonds is 1. The van der Waals surface area contributed by atoms with Crippen LogP contribution in [0, 0.1) is 11.3 Å². The quantitative estimate of drug-likeness (QED) is 0.628. The van der Waals surface area contributed by atoms with Crippen LogP contribution in [0.5, 0.6) is 0 Å². The van der Waals surface area contributed by atoms with Crippen molar-refractivity contribution in [3.63, 3.8) is 0 Å². The molecule has 2 aromatic heterocycles. The van der Waals surface area contributed by atoms with E-state index in [1.807, 2.05) is 16.8 Å². The summed E-state index contributed by atoms with van der Waals surface area (Å²) in [5.41, 5.74) is 5.68. The lowest BCUT2D eigenvalue weighted by Gasteiger charge is -2.23. The molecule has 0 saturated carbocycles. The highest BCUT2D eigenvalue weighted by Gasteiger charge is 2.30. The Kier molecular flexibility index (Phi) is 5.03. The molecule has 1 unspecified atom stereocenters. The van der Waals surface area contributed by atoms with Crippen molar-refractivity contribution in [1.82, 2.24) is 15.4 Å². The van der Waals surface area contributed by atoms with Gasteiger partial charge < -0.3 is 5.11 Å². The smallest absolute Gasteiger partial charge is 0.170 e. The zero-order valence-corrected chi connectivity index (χ0v) is 15.9. The van der Waals surface area contributed by atoms with E-state index in [0.29, 0.717) is 27.6 Å². The summed E-state index contributed by atoms with van der Waals surface area (Å²) < 4.78 is 0. The van der Waals surface area contributed by atoms with Gasteiger partial charge in [0.25, 0.3) is 0 Å². The van der Waals surface area contributed by atoms with Gasteiger partial charge in [0.15, 0.2) is 5.82 Å². The molecule has 26 heavy (non-hydrogen) atoms.